The van der Waals surface area contributed by atoms with E-state index in [-0.39, 0.29) is 0 Å². The summed E-state index contributed by atoms with van der Waals surface area (Å²) in [5.41, 5.74) is 6.35. The molecule has 3 heterocycles. The zero-order valence-electron chi connectivity index (χ0n) is 29.9. The van der Waals surface area contributed by atoms with E-state index < -0.39 is 0 Å². The lowest BCUT2D eigenvalue weighted by molar-refractivity contribution is 0.954. The molecule has 0 spiro atoms. The van der Waals surface area contributed by atoms with Crippen molar-refractivity contribution in [1.82, 2.24) is 19.5 Å². The average Bonchev–Trinajstić information content (AvgIpc) is 3.79. The molecule has 0 radical (unpaired) electrons. The number of benzene rings is 8. The van der Waals surface area contributed by atoms with Crippen LogP contribution in [0.3, 0.4) is 0 Å². The minimum absolute atomic E-state index is 0.585. The van der Waals surface area contributed by atoms with E-state index in [2.05, 4.69) is 156 Å². The van der Waals surface area contributed by atoms with E-state index in [0.29, 0.717) is 17.6 Å². The number of rotatable bonds is 4. The van der Waals surface area contributed by atoms with E-state index >= 15 is 0 Å². The number of fused-ring (bicyclic) bond motifs is 8. The summed E-state index contributed by atoms with van der Waals surface area (Å²) in [5.74, 6) is 1.85. The van der Waals surface area contributed by atoms with E-state index in [1.165, 1.54) is 41.9 Å². The summed E-state index contributed by atoms with van der Waals surface area (Å²) in [6, 6.07) is 60.3. The van der Waals surface area contributed by atoms with Gasteiger partial charge in [-0.3, -0.25) is 4.57 Å². The molecule has 3 aromatic heterocycles. The molecular weight excluding hydrogens is 677 g/mol. The minimum Gasteiger partial charge on any atom is -0.277 e. The Morgan fingerprint density at radius 2 is 1.04 bits per heavy atom. The van der Waals surface area contributed by atoms with Gasteiger partial charge in [0.1, 0.15) is 0 Å². The molecule has 0 aliphatic rings. The molecule has 0 unspecified atom stereocenters. The number of hydrogen-bond donors (Lipinski definition) is 0. The van der Waals surface area contributed by atoms with Gasteiger partial charge in [0.2, 0.25) is 5.95 Å². The number of hydrogen-bond acceptors (Lipinski definition) is 4. The zero-order valence-corrected chi connectivity index (χ0v) is 30.7. The highest BCUT2D eigenvalue weighted by Crippen LogP contribution is 2.44. The van der Waals surface area contributed by atoms with Crippen molar-refractivity contribution in [2.45, 2.75) is 13.8 Å². The lowest BCUT2D eigenvalue weighted by Gasteiger charge is -2.14. The summed E-state index contributed by atoms with van der Waals surface area (Å²) < 4.78 is 4.83. The van der Waals surface area contributed by atoms with Crippen LogP contribution in [-0.2, 0) is 0 Å². The Labute approximate surface area is 316 Å². The molecule has 11 aromatic rings. The van der Waals surface area contributed by atoms with Crippen molar-refractivity contribution >= 4 is 74.9 Å². The topological polar surface area (TPSA) is 43.6 Å². The van der Waals surface area contributed by atoms with Gasteiger partial charge >= 0.3 is 0 Å². The van der Waals surface area contributed by atoms with Gasteiger partial charge in [0.15, 0.2) is 11.6 Å². The Morgan fingerprint density at radius 3 is 1.85 bits per heavy atom. The molecule has 0 aliphatic carbocycles. The number of thiophene rings is 1. The van der Waals surface area contributed by atoms with Crippen LogP contribution in [0.4, 0.5) is 0 Å². The fourth-order valence-electron chi connectivity index (χ4n) is 7.81. The van der Waals surface area contributed by atoms with Gasteiger partial charge < -0.3 is 0 Å². The van der Waals surface area contributed by atoms with Crippen molar-refractivity contribution < 1.29 is 0 Å². The fraction of sp³-hybridized carbons (Fsp3) is 0.0408. The maximum atomic E-state index is 5.34. The van der Waals surface area contributed by atoms with Crippen LogP contribution in [-0.4, -0.2) is 19.5 Å². The molecule has 5 heteroatoms. The third-order valence-electron chi connectivity index (χ3n) is 10.2. The van der Waals surface area contributed by atoms with Crippen LogP contribution in [0.1, 0.15) is 13.8 Å². The minimum atomic E-state index is 0.585. The van der Waals surface area contributed by atoms with Crippen LogP contribution in [0.5, 0.6) is 0 Å². The third-order valence-corrected chi connectivity index (χ3v) is 11.3. The van der Waals surface area contributed by atoms with E-state index in [9.17, 15) is 0 Å². The van der Waals surface area contributed by atoms with E-state index in [1.807, 2.05) is 43.4 Å². The summed E-state index contributed by atoms with van der Waals surface area (Å²) >= 11 is 1.84. The van der Waals surface area contributed by atoms with Gasteiger partial charge in [-0.05, 0) is 57.4 Å². The van der Waals surface area contributed by atoms with E-state index in [4.69, 9.17) is 15.0 Å². The highest BCUT2D eigenvalue weighted by atomic mass is 32.1. The second kappa shape index (κ2) is 13.1. The molecule has 256 valence electrons. The van der Waals surface area contributed by atoms with Crippen molar-refractivity contribution in [3.8, 4) is 39.9 Å². The molecular formula is C49H34N4S. The Bertz CT molecular complexity index is 3190. The molecule has 54 heavy (non-hydrogen) atoms. The van der Waals surface area contributed by atoms with Crippen LogP contribution in [0.25, 0.3) is 103 Å². The molecule has 11 rings (SSSR count). The molecule has 8 aromatic carbocycles. The van der Waals surface area contributed by atoms with Gasteiger partial charge in [-0.15, -0.1) is 11.3 Å². The highest BCUT2D eigenvalue weighted by molar-refractivity contribution is 7.25. The van der Waals surface area contributed by atoms with Crippen molar-refractivity contribution in [2.75, 3.05) is 0 Å². The average molecular weight is 711 g/mol. The summed E-state index contributed by atoms with van der Waals surface area (Å²) in [5, 5.41) is 9.54. The van der Waals surface area contributed by atoms with Crippen molar-refractivity contribution in [3.05, 3.63) is 170 Å². The summed E-state index contributed by atoms with van der Waals surface area (Å²) in [7, 11) is 0. The Kier molecular flexibility index (Phi) is 7.74. The monoisotopic (exact) mass is 710 g/mol. The van der Waals surface area contributed by atoms with Crippen molar-refractivity contribution in [3.63, 3.8) is 0 Å². The summed E-state index contributed by atoms with van der Waals surface area (Å²) in [4.78, 5) is 15.7. The molecule has 0 bridgehead atoms. The first-order valence-electron chi connectivity index (χ1n) is 18.4. The lowest BCUT2D eigenvalue weighted by Crippen LogP contribution is -2.07. The molecule has 0 amide bonds. The van der Waals surface area contributed by atoms with E-state index in [0.717, 1.165) is 43.9 Å². The Hall–Kier alpha value is -6.69. The molecule has 0 fully saturated rings. The quantitative estimate of drug-likeness (QED) is 0.183. The van der Waals surface area contributed by atoms with Crippen molar-refractivity contribution in [1.29, 1.82) is 0 Å². The first-order chi connectivity index (χ1) is 26.8. The predicted octanol–water partition coefficient (Wildman–Crippen LogP) is 13.7. The molecule has 0 aliphatic heterocycles. The molecule has 0 atom stereocenters. The fourth-order valence-corrected chi connectivity index (χ4v) is 8.95. The van der Waals surface area contributed by atoms with Gasteiger partial charge in [-0.1, -0.05) is 153 Å². The normalized spacial score (nSPS) is 11.5. The SMILES string of the molecule is CC.c1ccc(-c2nc(-c3ccc4ccccc4c3)nc(-n3c4cc5ccccc5cc4c4cccc(-c5cccc6sc7ccccc7c56)c43)n2)cc1. The van der Waals surface area contributed by atoms with Crippen LogP contribution >= 0.6 is 11.3 Å². The predicted molar refractivity (Wildman–Crippen MR) is 230 cm³/mol. The van der Waals surface area contributed by atoms with Crippen LogP contribution in [0.2, 0.25) is 0 Å². The molecule has 0 saturated heterocycles. The van der Waals surface area contributed by atoms with Gasteiger partial charge in [0, 0.05) is 47.6 Å². The highest BCUT2D eigenvalue weighted by Gasteiger charge is 2.22. The smallest absolute Gasteiger partial charge is 0.238 e. The third kappa shape index (κ3) is 5.16. The zero-order chi connectivity index (χ0) is 36.2. The second-order valence-electron chi connectivity index (χ2n) is 13.2. The number of aromatic nitrogens is 4. The lowest BCUT2D eigenvalue weighted by atomic mass is 9.97. The maximum Gasteiger partial charge on any atom is 0.238 e. The van der Waals surface area contributed by atoms with Crippen molar-refractivity contribution in [2.24, 2.45) is 0 Å². The molecule has 0 N–H and O–H groups in total. The number of para-hydroxylation sites is 1. The van der Waals surface area contributed by atoms with Gasteiger partial charge in [0.05, 0.1) is 11.0 Å². The molecule has 0 saturated carbocycles. The number of nitrogens with zero attached hydrogens (tertiary/aromatic N) is 4. The Balaban J connectivity index is 0.00000178. The van der Waals surface area contributed by atoms with Crippen LogP contribution in [0.15, 0.2) is 170 Å². The largest absolute Gasteiger partial charge is 0.277 e. The molecule has 4 nitrogen and oxygen atoms in total. The first kappa shape index (κ1) is 32.0. The maximum absolute atomic E-state index is 5.34. The van der Waals surface area contributed by atoms with Gasteiger partial charge in [-0.2, -0.15) is 9.97 Å². The van der Waals surface area contributed by atoms with Crippen LogP contribution in [0, 0.1) is 0 Å². The standard InChI is InChI=1S/C47H28N4S.C2H6/c1-2-13-30(14-3-1)45-48-46(34-25-24-29-12-4-5-15-31(29)26-34)50-47(49-45)51-40-28-33-17-7-6-16-32(33)27-39(40)37-21-10-20-36(44(37)51)35-19-11-23-42-43(35)38-18-8-9-22-41(38)52-42;1-2/h1-28H;1-2H3. The van der Waals surface area contributed by atoms with Crippen LogP contribution < -0.4 is 0 Å². The summed E-state index contributed by atoms with van der Waals surface area (Å²) in [6.45, 7) is 4.00. The first-order valence-corrected chi connectivity index (χ1v) is 19.3. The summed E-state index contributed by atoms with van der Waals surface area (Å²) in [6.07, 6.45) is 0. The van der Waals surface area contributed by atoms with E-state index in [1.54, 1.807) is 0 Å². The van der Waals surface area contributed by atoms with Gasteiger partial charge in [-0.25, -0.2) is 4.98 Å². The van der Waals surface area contributed by atoms with Gasteiger partial charge in [0.25, 0.3) is 0 Å². The Morgan fingerprint density at radius 1 is 0.426 bits per heavy atom. The second-order valence-corrected chi connectivity index (χ2v) is 14.3.